The van der Waals surface area contributed by atoms with Crippen LogP contribution >= 0.6 is 0 Å². The second-order valence-electron chi connectivity index (χ2n) is 6.45. The summed E-state index contributed by atoms with van der Waals surface area (Å²) in [4.78, 5) is 36.7. The van der Waals surface area contributed by atoms with E-state index in [2.05, 4.69) is 16.0 Å². The van der Waals surface area contributed by atoms with E-state index in [0.717, 1.165) is 5.56 Å². The zero-order valence-corrected chi connectivity index (χ0v) is 15.4. The molecule has 0 saturated heterocycles. The summed E-state index contributed by atoms with van der Waals surface area (Å²) in [7, 11) is 0. The van der Waals surface area contributed by atoms with Gasteiger partial charge in [-0.05, 0) is 57.5 Å². The number of aryl methyl sites for hydroxylation is 2. The molecule has 1 aromatic heterocycles. The van der Waals surface area contributed by atoms with Crippen molar-refractivity contribution in [2.45, 2.75) is 40.3 Å². The highest BCUT2D eigenvalue weighted by Gasteiger charge is 2.13. The molecule has 2 aromatic rings. The van der Waals surface area contributed by atoms with Crippen LogP contribution in [0.3, 0.4) is 0 Å². The minimum absolute atomic E-state index is 0.0140. The van der Waals surface area contributed by atoms with Crippen molar-refractivity contribution in [3.05, 3.63) is 58.0 Å². The Morgan fingerprint density at radius 2 is 1.81 bits per heavy atom. The fourth-order valence-corrected chi connectivity index (χ4v) is 2.48. The topological polar surface area (TPSA) is 92.2 Å². The van der Waals surface area contributed by atoms with E-state index in [1.165, 1.54) is 10.6 Å². The molecule has 2 rings (SSSR count). The van der Waals surface area contributed by atoms with Crippen molar-refractivity contribution in [3.8, 4) is 0 Å². The molecule has 0 bridgehead atoms. The van der Waals surface area contributed by atoms with Crippen molar-refractivity contribution in [3.63, 3.8) is 0 Å². The van der Waals surface area contributed by atoms with Gasteiger partial charge in [-0.2, -0.15) is 0 Å². The van der Waals surface area contributed by atoms with Gasteiger partial charge in [0, 0.05) is 17.4 Å². The Bertz CT molecular complexity index is 871. The molecule has 0 aliphatic rings. The highest BCUT2D eigenvalue weighted by Crippen LogP contribution is 2.10. The number of carbonyl (C=O) groups excluding carboxylic acids is 2. The maximum atomic E-state index is 12.6. The number of nitrogens with zero attached hydrogens (tertiary/aromatic N) is 1. The molecular formula is C19H24N4O3. The van der Waals surface area contributed by atoms with E-state index in [-0.39, 0.29) is 24.2 Å². The number of nitrogens with one attached hydrogen (secondary N) is 3. The summed E-state index contributed by atoms with van der Waals surface area (Å²) in [6.45, 7) is 7.25. The molecule has 138 valence electrons. The fourth-order valence-electron chi connectivity index (χ4n) is 2.48. The lowest BCUT2D eigenvalue weighted by atomic mass is 10.2. The molecule has 1 heterocycles. The van der Waals surface area contributed by atoms with Gasteiger partial charge in [-0.3, -0.25) is 9.59 Å². The van der Waals surface area contributed by atoms with Crippen molar-refractivity contribution < 1.29 is 9.59 Å². The number of hydrogen-bond acceptors (Lipinski definition) is 3. The van der Waals surface area contributed by atoms with E-state index >= 15 is 0 Å². The Balaban J connectivity index is 2.14. The van der Waals surface area contributed by atoms with Gasteiger partial charge in [0.15, 0.2) is 0 Å². The molecule has 7 nitrogen and oxygen atoms in total. The molecule has 3 amide bonds. The highest BCUT2D eigenvalue weighted by molar-refractivity contribution is 5.99. The predicted octanol–water partition coefficient (Wildman–Crippen LogP) is 2.63. The Hall–Kier alpha value is -3.09. The summed E-state index contributed by atoms with van der Waals surface area (Å²) in [5.41, 5.74) is 1.96. The standard InChI is InChI=1S/C19H24N4O3/c1-12(2)20-17(24)11-23-14(4)8-9-16(18(23)25)22-19(26)21-15-7-5-6-13(3)10-15/h5-10,12H,11H2,1-4H3,(H,20,24)(H2,21,22,26). The lowest BCUT2D eigenvalue weighted by Gasteiger charge is -2.14. The average molecular weight is 356 g/mol. The minimum Gasteiger partial charge on any atom is -0.352 e. The lowest BCUT2D eigenvalue weighted by molar-refractivity contribution is -0.122. The van der Waals surface area contributed by atoms with Crippen molar-refractivity contribution >= 4 is 23.3 Å². The van der Waals surface area contributed by atoms with Crippen LogP contribution in [0.1, 0.15) is 25.1 Å². The van der Waals surface area contributed by atoms with Crippen molar-refractivity contribution in [2.75, 3.05) is 10.6 Å². The van der Waals surface area contributed by atoms with Crippen LogP contribution in [0.15, 0.2) is 41.2 Å². The molecule has 0 unspecified atom stereocenters. The fraction of sp³-hybridized carbons (Fsp3) is 0.316. The third-order valence-electron chi connectivity index (χ3n) is 3.67. The third kappa shape index (κ3) is 5.20. The van der Waals surface area contributed by atoms with E-state index < -0.39 is 11.6 Å². The molecule has 0 atom stereocenters. The maximum absolute atomic E-state index is 12.6. The number of urea groups is 1. The normalized spacial score (nSPS) is 10.5. The smallest absolute Gasteiger partial charge is 0.323 e. The maximum Gasteiger partial charge on any atom is 0.323 e. The Morgan fingerprint density at radius 1 is 1.08 bits per heavy atom. The number of carbonyl (C=O) groups is 2. The van der Waals surface area contributed by atoms with Crippen LogP contribution < -0.4 is 21.5 Å². The van der Waals surface area contributed by atoms with E-state index in [1.54, 1.807) is 19.1 Å². The number of aromatic nitrogens is 1. The Morgan fingerprint density at radius 3 is 2.46 bits per heavy atom. The SMILES string of the molecule is Cc1cccc(NC(=O)Nc2ccc(C)n(CC(=O)NC(C)C)c2=O)c1. The van der Waals surface area contributed by atoms with E-state index in [9.17, 15) is 14.4 Å². The number of anilines is 2. The second-order valence-corrected chi connectivity index (χ2v) is 6.45. The number of benzene rings is 1. The molecule has 26 heavy (non-hydrogen) atoms. The van der Waals surface area contributed by atoms with Crippen LogP contribution in [0.5, 0.6) is 0 Å². The van der Waals surface area contributed by atoms with Gasteiger partial charge in [0.1, 0.15) is 12.2 Å². The average Bonchev–Trinajstić information content (AvgIpc) is 2.53. The molecule has 3 N–H and O–H groups in total. The summed E-state index contributed by atoms with van der Waals surface area (Å²) >= 11 is 0. The molecule has 0 spiro atoms. The van der Waals surface area contributed by atoms with Gasteiger partial charge in [-0.15, -0.1) is 0 Å². The van der Waals surface area contributed by atoms with E-state index in [1.807, 2.05) is 39.0 Å². The lowest BCUT2D eigenvalue weighted by Crippen LogP contribution is -2.37. The highest BCUT2D eigenvalue weighted by atomic mass is 16.2. The second kappa shape index (κ2) is 8.33. The molecule has 0 fully saturated rings. The minimum atomic E-state index is -0.519. The molecule has 0 aliphatic carbocycles. The van der Waals surface area contributed by atoms with Crippen LogP contribution in [0.25, 0.3) is 0 Å². The molecule has 7 heteroatoms. The van der Waals surface area contributed by atoms with Crippen molar-refractivity contribution in [1.29, 1.82) is 0 Å². The Labute approximate surface area is 152 Å². The first-order valence-electron chi connectivity index (χ1n) is 8.40. The molecule has 0 aliphatic heterocycles. The largest absolute Gasteiger partial charge is 0.352 e. The van der Waals surface area contributed by atoms with Gasteiger partial charge in [-0.25, -0.2) is 4.79 Å². The van der Waals surface area contributed by atoms with Gasteiger partial charge in [0.2, 0.25) is 5.91 Å². The van der Waals surface area contributed by atoms with E-state index in [0.29, 0.717) is 11.4 Å². The first kappa shape index (κ1) is 19.2. The van der Waals surface area contributed by atoms with Crippen LogP contribution in [0, 0.1) is 13.8 Å². The summed E-state index contributed by atoms with van der Waals surface area (Å²) in [6, 6.07) is 10.0. The predicted molar refractivity (Wildman–Crippen MR) is 103 cm³/mol. The summed E-state index contributed by atoms with van der Waals surface area (Å²) in [6.07, 6.45) is 0. The van der Waals surface area contributed by atoms with Crippen LogP contribution in [-0.2, 0) is 11.3 Å². The van der Waals surface area contributed by atoms with Crippen molar-refractivity contribution in [2.24, 2.45) is 0 Å². The van der Waals surface area contributed by atoms with Gasteiger partial charge in [0.05, 0.1) is 0 Å². The van der Waals surface area contributed by atoms with Crippen LogP contribution in [-0.4, -0.2) is 22.5 Å². The zero-order valence-electron chi connectivity index (χ0n) is 15.4. The van der Waals surface area contributed by atoms with Crippen LogP contribution in [0.2, 0.25) is 0 Å². The first-order valence-corrected chi connectivity index (χ1v) is 8.40. The quantitative estimate of drug-likeness (QED) is 0.769. The molecular weight excluding hydrogens is 332 g/mol. The third-order valence-corrected chi connectivity index (χ3v) is 3.67. The first-order chi connectivity index (χ1) is 12.3. The molecule has 1 aromatic carbocycles. The molecule has 0 saturated carbocycles. The van der Waals surface area contributed by atoms with Crippen LogP contribution in [0.4, 0.5) is 16.2 Å². The van der Waals surface area contributed by atoms with Gasteiger partial charge < -0.3 is 20.5 Å². The monoisotopic (exact) mass is 356 g/mol. The van der Waals surface area contributed by atoms with Gasteiger partial charge >= 0.3 is 6.03 Å². The molecule has 0 radical (unpaired) electrons. The summed E-state index contributed by atoms with van der Waals surface area (Å²) in [5.74, 6) is -0.258. The Kier molecular flexibility index (Phi) is 6.16. The van der Waals surface area contributed by atoms with Gasteiger partial charge in [0.25, 0.3) is 5.56 Å². The number of hydrogen-bond donors (Lipinski definition) is 3. The number of rotatable bonds is 5. The van der Waals surface area contributed by atoms with Crippen molar-refractivity contribution in [1.82, 2.24) is 9.88 Å². The number of pyridine rings is 1. The van der Waals surface area contributed by atoms with E-state index in [4.69, 9.17) is 0 Å². The summed E-state index contributed by atoms with van der Waals surface area (Å²) in [5, 5.41) is 7.97. The van der Waals surface area contributed by atoms with Gasteiger partial charge in [-0.1, -0.05) is 12.1 Å². The number of amides is 3. The summed E-state index contributed by atoms with van der Waals surface area (Å²) < 4.78 is 1.33. The zero-order chi connectivity index (χ0) is 19.3.